The Labute approximate surface area is 194 Å². The molecular formula is C22H23F2N9O. The molecule has 2 aliphatic rings. The van der Waals surface area contributed by atoms with Gasteiger partial charge in [0.05, 0.1) is 49.1 Å². The summed E-state index contributed by atoms with van der Waals surface area (Å²) in [5.74, 6) is 0.900. The molecule has 1 atom stereocenters. The quantitative estimate of drug-likeness (QED) is 0.603. The molecule has 2 fully saturated rings. The fraction of sp³-hybridized carbons (Fsp3) is 0.364. The van der Waals surface area contributed by atoms with Gasteiger partial charge in [0.2, 0.25) is 11.9 Å². The molecule has 12 heteroatoms. The first-order valence-electron chi connectivity index (χ1n) is 10.9. The van der Waals surface area contributed by atoms with Crippen LogP contribution in [0.25, 0.3) is 0 Å². The standard InChI is InChI=1S/C22H23F2N9O/c1-14-11-31(4-5-33(14)22-26-7-16(23)8-27-22)21-28-9-18(10-29-21)30-20(34)15-2-3-19(25-6-15)32-12-17(24)13-32/h2-3,6-10,14,17H,4-5,11-13H2,1H3,(H,30,34)/t14-/m1/s1. The van der Waals surface area contributed by atoms with Gasteiger partial charge in [0, 0.05) is 31.9 Å². The maximum absolute atomic E-state index is 13.1. The summed E-state index contributed by atoms with van der Waals surface area (Å²) in [5, 5.41) is 2.76. The molecule has 2 aliphatic heterocycles. The van der Waals surface area contributed by atoms with Crippen molar-refractivity contribution in [2.24, 2.45) is 0 Å². The van der Waals surface area contributed by atoms with Crippen molar-refractivity contribution in [1.82, 2.24) is 24.9 Å². The minimum absolute atomic E-state index is 0.0738. The van der Waals surface area contributed by atoms with Crippen molar-refractivity contribution in [1.29, 1.82) is 0 Å². The second-order valence-corrected chi connectivity index (χ2v) is 8.32. The largest absolute Gasteiger partial charge is 0.351 e. The van der Waals surface area contributed by atoms with E-state index in [9.17, 15) is 13.6 Å². The van der Waals surface area contributed by atoms with Crippen molar-refractivity contribution >= 4 is 29.3 Å². The van der Waals surface area contributed by atoms with Crippen LogP contribution in [-0.4, -0.2) is 75.8 Å². The van der Waals surface area contributed by atoms with E-state index in [2.05, 4.69) is 30.2 Å². The molecule has 0 unspecified atom stereocenters. The van der Waals surface area contributed by atoms with Gasteiger partial charge in [-0.05, 0) is 19.1 Å². The molecule has 0 bridgehead atoms. The smallest absolute Gasteiger partial charge is 0.257 e. The molecule has 5 heterocycles. The topological polar surface area (TPSA) is 103 Å². The molecule has 0 aliphatic carbocycles. The van der Waals surface area contributed by atoms with Gasteiger partial charge in [-0.1, -0.05) is 0 Å². The van der Waals surface area contributed by atoms with E-state index in [-0.39, 0.29) is 11.9 Å². The molecule has 3 aromatic heterocycles. The van der Waals surface area contributed by atoms with E-state index >= 15 is 0 Å². The van der Waals surface area contributed by atoms with E-state index in [0.717, 1.165) is 12.4 Å². The molecule has 1 N–H and O–H groups in total. The summed E-state index contributed by atoms with van der Waals surface area (Å²) in [5.41, 5.74) is 0.852. The number of hydrogen-bond acceptors (Lipinski definition) is 9. The van der Waals surface area contributed by atoms with Crippen LogP contribution in [0.4, 0.5) is 32.2 Å². The normalized spacial score (nSPS) is 18.6. The zero-order valence-corrected chi connectivity index (χ0v) is 18.5. The molecule has 176 valence electrons. The molecule has 2 saturated heterocycles. The van der Waals surface area contributed by atoms with Crippen LogP contribution in [0.5, 0.6) is 0 Å². The van der Waals surface area contributed by atoms with Crippen LogP contribution >= 0.6 is 0 Å². The average Bonchev–Trinajstić information content (AvgIpc) is 2.83. The van der Waals surface area contributed by atoms with Crippen molar-refractivity contribution in [3.8, 4) is 0 Å². The molecule has 0 saturated carbocycles. The molecule has 0 radical (unpaired) electrons. The Morgan fingerprint density at radius 2 is 1.62 bits per heavy atom. The third-order valence-electron chi connectivity index (χ3n) is 5.84. The van der Waals surface area contributed by atoms with Gasteiger partial charge < -0.3 is 20.0 Å². The first-order chi connectivity index (χ1) is 16.5. The number of nitrogens with zero attached hydrogens (tertiary/aromatic N) is 8. The molecule has 0 aromatic carbocycles. The van der Waals surface area contributed by atoms with Crippen LogP contribution in [-0.2, 0) is 0 Å². The molecule has 3 aromatic rings. The molecule has 5 rings (SSSR count). The lowest BCUT2D eigenvalue weighted by Gasteiger charge is -2.39. The lowest BCUT2D eigenvalue weighted by molar-refractivity contribution is 0.102. The lowest BCUT2D eigenvalue weighted by Crippen LogP contribution is -2.53. The van der Waals surface area contributed by atoms with Crippen molar-refractivity contribution in [3.05, 3.63) is 54.5 Å². The Kier molecular flexibility index (Phi) is 5.86. The van der Waals surface area contributed by atoms with Crippen molar-refractivity contribution in [2.45, 2.75) is 19.1 Å². The molecular weight excluding hydrogens is 444 g/mol. The first-order valence-corrected chi connectivity index (χ1v) is 10.9. The van der Waals surface area contributed by atoms with E-state index < -0.39 is 12.0 Å². The third kappa shape index (κ3) is 4.56. The van der Waals surface area contributed by atoms with Gasteiger partial charge in [0.25, 0.3) is 5.91 Å². The Bertz CT molecular complexity index is 1140. The number of piperazine rings is 1. The van der Waals surface area contributed by atoms with Gasteiger partial charge in [-0.25, -0.2) is 33.7 Å². The SMILES string of the molecule is C[C@@H]1CN(c2ncc(NC(=O)c3ccc(N4CC(F)C4)nc3)cn2)CCN1c1ncc(F)cn1. The Balaban J connectivity index is 1.17. The maximum Gasteiger partial charge on any atom is 0.257 e. The molecule has 10 nitrogen and oxygen atoms in total. The van der Waals surface area contributed by atoms with Crippen LogP contribution in [0.2, 0.25) is 0 Å². The molecule has 0 spiro atoms. The van der Waals surface area contributed by atoms with E-state index in [1.807, 2.05) is 21.6 Å². The number of amides is 1. The number of halogens is 2. The fourth-order valence-corrected chi connectivity index (χ4v) is 3.96. The van der Waals surface area contributed by atoms with Crippen LogP contribution < -0.4 is 20.0 Å². The summed E-state index contributed by atoms with van der Waals surface area (Å²) in [7, 11) is 0. The average molecular weight is 467 g/mol. The number of rotatable bonds is 5. The Morgan fingerprint density at radius 3 is 2.24 bits per heavy atom. The van der Waals surface area contributed by atoms with E-state index in [4.69, 9.17) is 0 Å². The highest BCUT2D eigenvalue weighted by Crippen LogP contribution is 2.22. The van der Waals surface area contributed by atoms with Crippen LogP contribution in [0, 0.1) is 5.82 Å². The van der Waals surface area contributed by atoms with E-state index in [1.165, 1.54) is 6.20 Å². The number of alkyl halides is 1. The number of aromatic nitrogens is 5. The minimum atomic E-state index is -0.816. The highest BCUT2D eigenvalue weighted by atomic mass is 19.1. The van der Waals surface area contributed by atoms with Crippen molar-refractivity contribution in [3.63, 3.8) is 0 Å². The van der Waals surface area contributed by atoms with Gasteiger partial charge in [-0.3, -0.25) is 4.79 Å². The van der Waals surface area contributed by atoms with Crippen molar-refractivity contribution < 1.29 is 13.6 Å². The molecule has 1 amide bonds. The maximum atomic E-state index is 13.1. The first kappa shape index (κ1) is 21.9. The van der Waals surface area contributed by atoms with Gasteiger partial charge in [-0.2, -0.15) is 0 Å². The zero-order chi connectivity index (χ0) is 23.7. The second kappa shape index (κ2) is 9.12. The number of carbonyl (C=O) groups excluding carboxylic acids is 1. The van der Waals surface area contributed by atoms with Gasteiger partial charge >= 0.3 is 0 Å². The number of anilines is 4. The number of carbonyl (C=O) groups is 1. The van der Waals surface area contributed by atoms with Crippen LogP contribution in [0.1, 0.15) is 17.3 Å². The number of nitrogens with one attached hydrogen (secondary N) is 1. The summed E-state index contributed by atoms with van der Waals surface area (Å²) in [6.45, 7) is 4.62. The Hall–Kier alpha value is -3.96. The van der Waals surface area contributed by atoms with E-state index in [1.54, 1.807) is 24.5 Å². The van der Waals surface area contributed by atoms with Gasteiger partial charge in [0.15, 0.2) is 5.82 Å². The fourth-order valence-electron chi connectivity index (χ4n) is 3.96. The minimum Gasteiger partial charge on any atom is -0.351 e. The molecule has 34 heavy (non-hydrogen) atoms. The summed E-state index contributed by atoms with van der Waals surface area (Å²) < 4.78 is 26.1. The zero-order valence-electron chi connectivity index (χ0n) is 18.5. The van der Waals surface area contributed by atoms with Crippen molar-refractivity contribution in [2.75, 3.05) is 52.7 Å². The Morgan fingerprint density at radius 1 is 0.912 bits per heavy atom. The highest BCUT2D eigenvalue weighted by Gasteiger charge is 2.28. The van der Waals surface area contributed by atoms with Crippen LogP contribution in [0.3, 0.4) is 0 Å². The second-order valence-electron chi connectivity index (χ2n) is 8.32. The highest BCUT2D eigenvalue weighted by molar-refractivity contribution is 6.04. The predicted molar refractivity (Wildman–Crippen MR) is 122 cm³/mol. The predicted octanol–water partition coefficient (Wildman–Crippen LogP) is 1.93. The van der Waals surface area contributed by atoms with Gasteiger partial charge in [-0.15, -0.1) is 0 Å². The monoisotopic (exact) mass is 467 g/mol. The summed E-state index contributed by atoms with van der Waals surface area (Å²) in [6.07, 6.45) is 6.09. The van der Waals surface area contributed by atoms with Gasteiger partial charge in [0.1, 0.15) is 12.0 Å². The number of pyridine rings is 1. The van der Waals surface area contributed by atoms with E-state index in [0.29, 0.717) is 61.7 Å². The lowest BCUT2D eigenvalue weighted by atomic mass is 10.2. The third-order valence-corrected chi connectivity index (χ3v) is 5.84. The summed E-state index contributed by atoms with van der Waals surface area (Å²) in [4.78, 5) is 39.6. The van der Waals surface area contributed by atoms with Crippen LogP contribution in [0.15, 0.2) is 43.1 Å². The summed E-state index contributed by atoms with van der Waals surface area (Å²) in [6, 6.07) is 3.44. The number of hydrogen-bond donors (Lipinski definition) is 1. The summed E-state index contributed by atoms with van der Waals surface area (Å²) >= 11 is 0.